The van der Waals surface area contributed by atoms with E-state index in [0.29, 0.717) is 37.1 Å². The van der Waals surface area contributed by atoms with Gasteiger partial charge in [-0.2, -0.15) is 0 Å². The van der Waals surface area contributed by atoms with Crippen LogP contribution in [0.15, 0.2) is 72.8 Å². The van der Waals surface area contributed by atoms with E-state index in [2.05, 4.69) is 26.5 Å². The zero-order valence-electron chi connectivity index (χ0n) is 26.0. The van der Waals surface area contributed by atoms with Crippen molar-refractivity contribution in [2.24, 2.45) is 11.7 Å². The number of hydrogen-bond acceptors (Lipinski definition) is 4. The summed E-state index contributed by atoms with van der Waals surface area (Å²) in [6.07, 6.45) is 2.46. The van der Waals surface area contributed by atoms with Crippen LogP contribution in [0.5, 0.6) is 0 Å². The Morgan fingerprint density at radius 3 is 2.09 bits per heavy atom. The Labute approximate surface area is 277 Å². The number of halogens is 4. The summed E-state index contributed by atoms with van der Waals surface area (Å²) in [7, 11) is 6.42. The molecule has 0 aromatic heterocycles. The maximum Gasteiger partial charge on any atom is 0.237 e. The van der Waals surface area contributed by atoms with Crippen LogP contribution in [0.1, 0.15) is 60.9 Å². The van der Waals surface area contributed by atoms with E-state index in [9.17, 15) is 23.5 Å². The Balaban J connectivity index is 0.00000353. The third-order valence-corrected chi connectivity index (χ3v) is 8.04. The molecule has 4 atom stereocenters. The molecule has 11 heteroatoms. The van der Waals surface area contributed by atoms with Gasteiger partial charge < -0.3 is 37.9 Å². The van der Waals surface area contributed by atoms with Crippen LogP contribution < -0.4 is 28.4 Å². The minimum Gasteiger partial charge on any atom is -1.00 e. The number of quaternary nitrogens is 1. The highest BCUT2D eigenvalue weighted by molar-refractivity contribution is 6.03. The molecular formula is C34H44Cl2F2N4O3. The predicted molar refractivity (Wildman–Crippen MR) is 171 cm³/mol. The largest absolute Gasteiger partial charge is 1.00 e. The summed E-state index contributed by atoms with van der Waals surface area (Å²) in [5, 5.41) is 13.6. The van der Waals surface area contributed by atoms with Crippen LogP contribution in [0.25, 0.3) is 0 Å². The van der Waals surface area contributed by atoms with E-state index in [4.69, 9.17) is 5.73 Å². The molecule has 45 heavy (non-hydrogen) atoms. The lowest BCUT2D eigenvalue weighted by atomic mass is 9.78. The van der Waals surface area contributed by atoms with Gasteiger partial charge in [0.15, 0.2) is 0 Å². The summed E-state index contributed by atoms with van der Waals surface area (Å²) in [4.78, 5) is 27.5. The van der Waals surface area contributed by atoms with Gasteiger partial charge in [0.2, 0.25) is 11.8 Å². The second-order valence-corrected chi connectivity index (χ2v) is 12.5. The molecule has 1 aliphatic rings. The molecule has 0 saturated carbocycles. The molecule has 1 fully saturated rings. The van der Waals surface area contributed by atoms with Crippen LogP contribution in [0.2, 0.25) is 0 Å². The molecule has 4 N–H and O–H groups in total. The maximum atomic E-state index is 13.6. The number of β-lactam (4-membered cyclic amide) rings is 1. The first kappa shape index (κ1) is 38.1. The van der Waals surface area contributed by atoms with E-state index in [1.807, 2.05) is 24.3 Å². The van der Waals surface area contributed by atoms with Gasteiger partial charge in [-0.05, 0) is 85.2 Å². The summed E-state index contributed by atoms with van der Waals surface area (Å²) in [6.45, 7) is 1.37. The highest BCUT2D eigenvalue weighted by Gasteiger charge is 2.48. The predicted octanol–water partition coefficient (Wildman–Crippen LogP) is 2.43. The van der Waals surface area contributed by atoms with Crippen LogP contribution >= 0.6 is 12.4 Å². The third-order valence-electron chi connectivity index (χ3n) is 8.04. The molecule has 4 unspecified atom stereocenters. The number of benzene rings is 3. The van der Waals surface area contributed by atoms with Gasteiger partial charge in [-0.3, -0.25) is 9.59 Å². The van der Waals surface area contributed by atoms with Crippen molar-refractivity contribution in [2.75, 3.05) is 32.6 Å². The number of rotatable bonds is 14. The fourth-order valence-electron chi connectivity index (χ4n) is 5.52. The number of aliphatic hydroxyl groups excluding tert-OH is 1. The number of carbonyl (C=O) groups excluding carboxylic acids is 2. The molecular weight excluding hydrogens is 621 g/mol. The zero-order chi connectivity index (χ0) is 31.1. The zero-order valence-corrected chi connectivity index (χ0v) is 27.5. The molecule has 1 saturated heterocycles. The third kappa shape index (κ3) is 10.5. The SMILES string of the molecule is C[N+](C)(C)CCCCC(N)C(=O)NCc1ccc(C2C(CCC(O)c3ccc(F)cc3)C(=O)N2c2ccc(F)cc2)cc1.Cl.[Cl-]. The average Bonchev–Trinajstić information content (AvgIpc) is 2.97. The first-order chi connectivity index (χ1) is 20.4. The highest BCUT2D eigenvalue weighted by Crippen LogP contribution is 2.46. The molecule has 2 amide bonds. The number of unbranched alkanes of at least 4 members (excludes halogenated alkanes) is 1. The lowest BCUT2D eigenvalue weighted by Gasteiger charge is -2.48. The molecule has 0 aliphatic carbocycles. The minimum absolute atomic E-state index is 0. The van der Waals surface area contributed by atoms with Crippen molar-refractivity contribution >= 4 is 29.9 Å². The Bertz CT molecular complexity index is 1370. The Kier molecular flexibility index (Phi) is 14.4. The lowest BCUT2D eigenvalue weighted by Crippen LogP contribution is -3.00. The van der Waals surface area contributed by atoms with Gasteiger partial charge in [0.05, 0.1) is 51.8 Å². The molecule has 1 aliphatic heterocycles. The average molecular weight is 666 g/mol. The van der Waals surface area contributed by atoms with E-state index >= 15 is 0 Å². The molecule has 3 aromatic carbocycles. The number of amides is 2. The summed E-state index contributed by atoms with van der Waals surface area (Å²) < 4.78 is 27.8. The van der Waals surface area contributed by atoms with E-state index in [-0.39, 0.29) is 60.2 Å². The maximum absolute atomic E-state index is 13.6. The molecule has 7 nitrogen and oxygen atoms in total. The summed E-state index contributed by atoms with van der Waals surface area (Å²) in [6, 6.07) is 18.3. The number of aliphatic hydroxyl groups is 1. The Morgan fingerprint density at radius 1 is 0.933 bits per heavy atom. The summed E-state index contributed by atoms with van der Waals surface area (Å²) in [5.74, 6) is -1.43. The first-order valence-electron chi connectivity index (χ1n) is 14.9. The monoisotopic (exact) mass is 664 g/mol. The lowest BCUT2D eigenvalue weighted by molar-refractivity contribution is -0.870. The van der Waals surface area contributed by atoms with Gasteiger partial charge in [0.25, 0.3) is 0 Å². The van der Waals surface area contributed by atoms with Crippen molar-refractivity contribution in [3.8, 4) is 0 Å². The van der Waals surface area contributed by atoms with Crippen LogP contribution in [-0.4, -0.2) is 55.1 Å². The molecule has 3 aromatic rings. The van der Waals surface area contributed by atoms with Gasteiger partial charge in [0.1, 0.15) is 11.6 Å². The fraction of sp³-hybridized carbons (Fsp3) is 0.412. The fourth-order valence-corrected chi connectivity index (χ4v) is 5.52. The van der Waals surface area contributed by atoms with E-state index in [0.717, 1.165) is 35.0 Å². The topological polar surface area (TPSA) is 95.7 Å². The van der Waals surface area contributed by atoms with Crippen LogP contribution in [0.4, 0.5) is 14.5 Å². The number of nitrogens with one attached hydrogen (secondary N) is 1. The van der Waals surface area contributed by atoms with Crippen molar-refractivity contribution in [1.29, 1.82) is 0 Å². The number of nitrogens with zero attached hydrogens (tertiary/aromatic N) is 2. The van der Waals surface area contributed by atoms with Crippen molar-refractivity contribution in [3.63, 3.8) is 0 Å². The van der Waals surface area contributed by atoms with Crippen molar-refractivity contribution < 1.29 is 40.4 Å². The van der Waals surface area contributed by atoms with Crippen molar-refractivity contribution in [1.82, 2.24) is 5.32 Å². The first-order valence-corrected chi connectivity index (χ1v) is 14.9. The molecule has 0 bridgehead atoms. The van der Waals surface area contributed by atoms with Gasteiger partial charge in [-0.15, -0.1) is 12.4 Å². The molecule has 1 heterocycles. The second kappa shape index (κ2) is 17.0. The normalized spacial score (nSPS) is 17.4. The van der Waals surface area contributed by atoms with Crippen molar-refractivity contribution in [3.05, 3.63) is 101 Å². The van der Waals surface area contributed by atoms with Gasteiger partial charge >= 0.3 is 0 Å². The Hall–Kier alpha value is -3.08. The highest BCUT2D eigenvalue weighted by atomic mass is 35.5. The molecule has 4 rings (SSSR count). The van der Waals surface area contributed by atoms with E-state index < -0.39 is 12.1 Å². The molecule has 0 spiro atoms. The Morgan fingerprint density at radius 2 is 1.51 bits per heavy atom. The standard InChI is InChI=1S/C34H42F2N4O3.2ClH/c1-40(2,3)21-5-4-6-30(37)33(42)38-22-23-7-9-25(10-8-23)32-29(19-20-31(41)24-11-13-26(35)14-12-24)34(43)39(32)28-17-15-27(36)16-18-28;;/h7-18,29-32,41H,4-6,19-22,37H2,1-3H3;2*1H. The van der Waals surface area contributed by atoms with Crippen LogP contribution in [0.3, 0.4) is 0 Å². The van der Waals surface area contributed by atoms with Crippen LogP contribution in [-0.2, 0) is 16.1 Å². The van der Waals surface area contributed by atoms with Gasteiger partial charge in [0, 0.05) is 12.2 Å². The summed E-state index contributed by atoms with van der Waals surface area (Å²) >= 11 is 0. The number of hydrogen-bond donors (Lipinski definition) is 3. The van der Waals surface area contributed by atoms with Crippen LogP contribution in [0, 0.1) is 17.6 Å². The second-order valence-electron chi connectivity index (χ2n) is 12.5. The van der Waals surface area contributed by atoms with Crippen molar-refractivity contribution in [2.45, 2.75) is 56.8 Å². The van der Waals surface area contributed by atoms with E-state index in [1.165, 1.54) is 24.3 Å². The van der Waals surface area contributed by atoms with Gasteiger partial charge in [-0.1, -0.05) is 36.4 Å². The quantitative estimate of drug-likeness (QED) is 0.140. The number of nitrogens with two attached hydrogens (primary N) is 1. The minimum atomic E-state index is -0.830. The van der Waals surface area contributed by atoms with Gasteiger partial charge in [-0.25, -0.2) is 8.78 Å². The number of carbonyl (C=O) groups is 2. The summed E-state index contributed by atoms with van der Waals surface area (Å²) in [5.41, 5.74) is 9.10. The van der Waals surface area contributed by atoms with E-state index in [1.54, 1.807) is 29.2 Å². The molecule has 0 radical (unpaired) electrons. The number of anilines is 1. The molecule has 246 valence electrons. The smallest absolute Gasteiger partial charge is 0.237 e.